The number of hydrogen-bond donors (Lipinski definition) is 1. The van der Waals surface area contributed by atoms with Gasteiger partial charge in [0.05, 0.1) is 32.8 Å². The Kier molecular flexibility index (Phi) is 9.50. The van der Waals surface area contributed by atoms with Gasteiger partial charge in [0, 0.05) is 76.1 Å². The minimum Gasteiger partial charge on any atom is -0.444 e. The van der Waals surface area contributed by atoms with E-state index >= 15 is 0 Å². The van der Waals surface area contributed by atoms with E-state index in [1.54, 1.807) is 33.9 Å². The second kappa shape index (κ2) is 13.8. The van der Waals surface area contributed by atoms with E-state index in [-0.39, 0.29) is 24.8 Å². The number of carbonyl (C=O) groups excluding carboxylic acids is 2. The molecule has 2 atom stereocenters. The summed E-state index contributed by atoms with van der Waals surface area (Å²) >= 11 is 12.3. The molecule has 3 saturated heterocycles. The van der Waals surface area contributed by atoms with E-state index in [1.165, 1.54) is 0 Å². The van der Waals surface area contributed by atoms with Crippen LogP contribution in [0, 0.1) is 0 Å². The third kappa shape index (κ3) is 6.22. The number of aromatic amines is 1. The molecule has 2 aromatic carbocycles. The van der Waals surface area contributed by atoms with Gasteiger partial charge < -0.3 is 19.4 Å². The van der Waals surface area contributed by atoms with Crippen LogP contribution in [-0.4, -0.2) is 111 Å². The Balaban J connectivity index is 1.20. The normalized spacial score (nSPS) is 23.6. The lowest BCUT2D eigenvalue weighted by molar-refractivity contribution is -0.127. The molecule has 4 aromatic rings. The Hall–Kier alpha value is -3.48. The van der Waals surface area contributed by atoms with Crippen molar-refractivity contribution in [2.24, 2.45) is 0 Å². The Morgan fingerprint density at radius 2 is 1.75 bits per heavy atom. The molecule has 0 unspecified atom stereocenters. The van der Waals surface area contributed by atoms with Gasteiger partial charge in [0.2, 0.25) is 0 Å². The van der Waals surface area contributed by atoms with Crippen molar-refractivity contribution in [1.82, 2.24) is 34.1 Å². The minimum absolute atomic E-state index is 0.0128. The molecule has 7 rings (SSSR count). The number of piperazine rings is 1. The van der Waals surface area contributed by atoms with E-state index in [0.717, 1.165) is 74.8 Å². The minimum atomic E-state index is -0.972. The summed E-state index contributed by atoms with van der Waals surface area (Å²) in [5.41, 5.74) is 1.77. The Morgan fingerprint density at radius 3 is 2.50 bits per heavy atom. The van der Waals surface area contributed by atoms with Crippen LogP contribution >= 0.6 is 23.2 Å². The fraction of sp³-hybridized carbons (Fsp3) is 0.486. The molecule has 0 aliphatic carbocycles. The number of carbonyl (C=O) groups is 2. The van der Waals surface area contributed by atoms with Crippen LogP contribution in [0.1, 0.15) is 43.7 Å². The Labute approximate surface area is 289 Å². The van der Waals surface area contributed by atoms with Crippen molar-refractivity contribution in [3.63, 3.8) is 0 Å². The lowest BCUT2D eigenvalue weighted by atomic mass is 9.85. The van der Waals surface area contributed by atoms with E-state index in [2.05, 4.69) is 31.7 Å². The fourth-order valence-corrected chi connectivity index (χ4v) is 8.40. The number of likely N-dealkylation sites (tertiary alicyclic amines) is 2. The van der Waals surface area contributed by atoms with Crippen LogP contribution in [0.3, 0.4) is 0 Å². The highest BCUT2D eigenvalue weighted by molar-refractivity contribution is 6.42. The zero-order valence-electron chi connectivity index (χ0n) is 27.1. The van der Waals surface area contributed by atoms with Crippen molar-refractivity contribution >= 4 is 57.5 Å². The average Bonchev–Trinajstić information content (AvgIpc) is 3.45. The summed E-state index contributed by atoms with van der Waals surface area (Å²) in [5.74, 6) is 0. The number of amides is 1. The van der Waals surface area contributed by atoms with E-state index in [1.807, 2.05) is 24.3 Å². The van der Waals surface area contributed by atoms with E-state index in [4.69, 9.17) is 27.9 Å². The highest BCUT2D eigenvalue weighted by Crippen LogP contribution is 2.42. The molecule has 11 nitrogen and oxygen atoms in total. The highest BCUT2D eigenvalue weighted by atomic mass is 35.5. The topological polar surface area (TPSA) is 107 Å². The number of aromatic nitrogens is 3. The number of para-hydroxylation sites is 1. The summed E-state index contributed by atoms with van der Waals surface area (Å²) < 4.78 is 7.68. The van der Waals surface area contributed by atoms with Crippen molar-refractivity contribution < 1.29 is 14.3 Å². The summed E-state index contributed by atoms with van der Waals surface area (Å²) in [6, 6.07) is 13.1. The third-order valence-electron chi connectivity index (χ3n) is 10.7. The molecule has 2 aromatic heterocycles. The number of imidazole rings is 1. The van der Waals surface area contributed by atoms with Crippen molar-refractivity contribution in [2.45, 2.75) is 56.5 Å². The van der Waals surface area contributed by atoms with Crippen LogP contribution in [-0.2, 0) is 16.1 Å². The van der Waals surface area contributed by atoms with Gasteiger partial charge in [0.25, 0.3) is 0 Å². The predicted molar refractivity (Wildman–Crippen MR) is 187 cm³/mol. The molecule has 3 aliphatic heterocycles. The van der Waals surface area contributed by atoms with Crippen molar-refractivity contribution in [1.29, 1.82) is 0 Å². The van der Waals surface area contributed by atoms with Gasteiger partial charge in [0.15, 0.2) is 0 Å². The van der Waals surface area contributed by atoms with Gasteiger partial charge in [-0.25, -0.2) is 9.59 Å². The number of nitrogens with zero attached hydrogens (tertiary/aromatic N) is 6. The van der Waals surface area contributed by atoms with Crippen molar-refractivity contribution in [3.8, 4) is 0 Å². The van der Waals surface area contributed by atoms with Gasteiger partial charge in [-0.15, -0.1) is 0 Å². The van der Waals surface area contributed by atoms with E-state index < -0.39 is 11.8 Å². The van der Waals surface area contributed by atoms with Gasteiger partial charge in [-0.05, 0) is 50.1 Å². The smallest absolute Gasteiger partial charge is 0.411 e. The molecule has 0 radical (unpaired) electrons. The Bertz CT molecular complexity index is 1860. The molecule has 0 saturated carbocycles. The number of ether oxygens (including phenoxy) is 1. The summed E-state index contributed by atoms with van der Waals surface area (Å²) in [7, 11) is 2.16. The van der Waals surface area contributed by atoms with Crippen LogP contribution in [0.5, 0.6) is 0 Å². The van der Waals surface area contributed by atoms with Crippen molar-refractivity contribution in [2.75, 3.05) is 52.9 Å². The van der Waals surface area contributed by atoms with Crippen LogP contribution in [0.4, 0.5) is 4.79 Å². The maximum absolute atomic E-state index is 14.0. The number of pyridine rings is 1. The molecule has 48 heavy (non-hydrogen) atoms. The summed E-state index contributed by atoms with van der Waals surface area (Å²) in [6.07, 6.45) is 5.03. The third-order valence-corrected chi connectivity index (χ3v) is 11.4. The number of nitrogens with one attached hydrogen (secondary N) is 1. The first kappa shape index (κ1) is 33.0. The molecule has 5 heterocycles. The monoisotopic (exact) mass is 693 g/mol. The van der Waals surface area contributed by atoms with Crippen LogP contribution < -0.4 is 5.69 Å². The SMILES string of the molecule is CN1CCN(C2CCN([C@]3(CC=O)C[C@H](n4c(=O)[nH]c5c6ccccc6ncc54)CCN3C(=O)OCc3ccc(Cl)c(Cl)c3)CC2)CC1. The second-order valence-electron chi connectivity index (χ2n) is 13.3. The molecule has 1 amide bonds. The molecular formula is C35H41Cl2N7O4. The van der Waals surface area contributed by atoms with Crippen LogP contribution in [0.15, 0.2) is 53.5 Å². The zero-order chi connectivity index (χ0) is 33.4. The van der Waals surface area contributed by atoms with Gasteiger partial charge in [-0.1, -0.05) is 47.5 Å². The molecule has 3 fully saturated rings. The molecule has 1 N–H and O–H groups in total. The number of aldehydes is 1. The molecule has 13 heteroatoms. The highest BCUT2D eigenvalue weighted by Gasteiger charge is 2.51. The number of piperidine rings is 2. The van der Waals surface area contributed by atoms with E-state index in [9.17, 15) is 14.4 Å². The number of benzene rings is 2. The lowest BCUT2D eigenvalue weighted by Gasteiger charge is -2.56. The first-order valence-electron chi connectivity index (χ1n) is 16.7. The quantitative estimate of drug-likeness (QED) is 0.265. The second-order valence-corrected chi connectivity index (χ2v) is 14.2. The van der Waals surface area contributed by atoms with Gasteiger partial charge in [0.1, 0.15) is 18.6 Å². The number of H-pyrrole nitrogens is 1. The standard InChI is InChI=1S/C35H41Cl2N7O4/c1-40-15-17-41(18-16-40)25-8-12-42(13-9-25)35(11-19-45)21-26(10-14-43(35)34(47)48-23-24-6-7-28(36)29(37)20-24)44-31-22-38-30-5-3-2-4-27(30)32(31)39-33(44)46/h2-7,19-20,22,25-26H,8-18,21,23H2,1H3,(H,39,46)/t26-,35+/m1/s1. The van der Waals surface area contributed by atoms with Gasteiger partial charge in [-0.3, -0.25) is 24.3 Å². The van der Waals surface area contributed by atoms with Gasteiger partial charge >= 0.3 is 11.8 Å². The van der Waals surface area contributed by atoms with Crippen molar-refractivity contribution in [3.05, 3.63) is 74.8 Å². The lowest BCUT2D eigenvalue weighted by Crippen LogP contribution is -2.68. The molecule has 0 spiro atoms. The van der Waals surface area contributed by atoms with Crippen LogP contribution in [0.25, 0.3) is 21.9 Å². The fourth-order valence-electron chi connectivity index (χ4n) is 8.08. The first-order valence-corrected chi connectivity index (χ1v) is 17.5. The number of fused-ring (bicyclic) bond motifs is 3. The van der Waals surface area contributed by atoms with Crippen LogP contribution in [0.2, 0.25) is 10.0 Å². The zero-order valence-corrected chi connectivity index (χ0v) is 28.6. The predicted octanol–water partition coefficient (Wildman–Crippen LogP) is 5.16. The number of rotatable bonds is 7. The van der Waals surface area contributed by atoms with E-state index in [0.29, 0.717) is 46.6 Å². The number of halogens is 2. The maximum Gasteiger partial charge on any atom is 0.411 e. The average molecular weight is 695 g/mol. The Morgan fingerprint density at radius 1 is 1.00 bits per heavy atom. The summed E-state index contributed by atoms with van der Waals surface area (Å²) in [6.45, 7) is 5.98. The molecule has 3 aliphatic rings. The van der Waals surface area contributed by atoms with Gasteiger partial charge in [-0.2, -0.15) is 0 Å². The summed E-state index contributed by atoms with van der Waals surface area (Å²) in [4.78, 5) is 57.0. The number of likely N-dealkylation sites (N-methyl/N-ethyl adjacent to an activating group) is 1. The maximum atomic E-state index is 14.0. The molecule has 0 bridgehead atoms. The number of hydrogen-bond acceptors (Lipinski definition) is 8. The molecular weight excluding hydrogens is 653 g/mol. The molecule has 254 valence electrons. The summed E-state index contributed by atoms with van der Waals surface area (Å²) in [5, 5.41) is 1.69. The first-order chi connectivity index (χ1) is 23.3. The largest absolute Gasteiger partial charge is 0.444 e.